The predicted molar refractivity (Wildman–Crippen MR) is 124 cm³/mol. The van der Waals surface area contributed by atoms with Crippen LogP contribution >= 0.6 is 0 Å². The summed E-state index contributed by atoms with van der Waals surface area (Å²) in [6, 6.07) is 52.9. The molecule has 166 valence electrons. The average Bonchev–Trinajstić information content (AvgIpc) is 3.62. The number of benzene rings is 3. The van der Waals surface area contributed by atoms with Crippen molar-refractivity contribution in [1.82, 2.24) is 0 Å². The van der Waals surface area contributed by atoms with Crippen LogP contribution in [-0.4, -0.2) is 24.8 Å². The molecule has 0 radical (unpaired) electrons. The summed E-state index contributed by atoms with van der Waals surface area (Å²) in [5.74, 6) is -0.431. The van der Waals surface area contributed by atoms with Crippen molar-refractivity contribution in [1.29, 1.82) is 0 Å². The maximum Gasteiger partial charge on any atom is 0 e. The molecule has 5 aromatic rings. The Hall–Kier alpha value is -2.85. The molecule has 0 saturated heterocycles. The molecule has 5 aromatic carbocycles. The van der Waals surface area contributed by atoms with Crippen LogP contribution in [0.3, 0.4) is 0 Å². The van der Waals surface area contributed by atoms with E-state index in [1.165, 1.54) is 0 Å². The van der Waals surface area contributed by atoms with Crippen LogP contribution in [0.15, 0.2) is 97.1 Å². The van der Waals surface area contributed by atoms with Gasteiger partial charge >= 0.3 is 164 Å². The second-order valence-electron chi connectivity index (χ2n) is 6.73. The van der Waals surface area contributed by atoms with Crippen molar-refractivity contribution in [3.05, 3.63) is 151 Å². The smallest absolute Gasteiger partial charge is 0 e. The first-order valence-electron chi connectivity index (χ1n) is 9.92. The monoisotopic (exact) mass is 572 g/mol. The van der Waals surface area contributed by atoms with Crippen LogP contribution in [0.2, 0.25) is 0 Å². The first-order valence-corrected chi connectivity index (χ1v) is 15.4. The van der Waals surface area contributed by atoms with Crippen LogP contribution < -0.4 is 10.7 Å². The first-order chi connectivity index (χ1) is 15.8. The molecule has 0 amide bonds. The Morgan fingerprint density at radius 1 is 0.667 bits per heavy atom. The maximum atomic E-state index is 13.0. The number of rotatable bonds is 5. The van der Waals surface area contributed by atoms with Crippen molar-refractivity contribution in [3.63, 3.8) is 0 Å². The number of hydrogen-bond donors (Lipinski definition) is 0. The Morgan fingerprint density at radius 3 is 1.39 bits per heavy atom. The van der Waals surface area contributed by atoms with Gasteiger partial charge in [-0.3, -0.25) is 0 Å². The molecule has 4 heteroatoms. The van der Waals surface area contributed by atoms with Crippen molar-refractivity contribution >= 4 is 35.5 Å². The second-order valence-corrected chi connectivity index (χ2v) is 16.1. The Morgan fingerprint density at radius 2 is 1.06 bits per heavy atom. The fourth-order valence-corrected chi connectivity index (χ4v) is 14.0. The SMILES string of the molecule is O=C([O][Sn]([c]1ccccc1)([c]1ccccc1)[c]1ccccc1)[c-]1[c-][c-][c-][c-]1.[Fe].[c-]1[c-][c-][cH-][c-]1. The molecule has 0 aliphatic rings. The third kappa shape index (κ3) is 5.94. The molecular formula is C29H16FeO2Sn-10. The van der Waals surface area contributed by atoms with Crippen LogP contribution in [0.25, 0.3) is 0 Å². The minimum atomic E-state index is -4.07. The van der Waals surface area contributed by atoms with Crippen molar-refractivity contribution in [3.8, 4) is 0 Å². The summed E-state index contributed by atoms with van der Waals surface area (Å²) >= 11 is -4.07. The quantitative estimate of drug-likeness (QED) is 0.240. The largest absolute Gasteiger partial charge is 0.999 e. The number of carbonyl (C=O) groups is 1. The molecule has 0 saturated carbocycles. The van der Waals surface area contributed by atoms with E-state index in [0.717, 1.165) is 10.7 Å². The van der Waals surface area contributed by atoms with Crippen LogP contribution in [-0.2, 0) is 20.1 Å². The molecule has 0 spiro atoms. The summed E-state index contributed by atoms with van der Waals surface area (Å²) in [5, 5.41) is 0. The molecule has 0 atom stereocenters. The molecule has 0 aromatic heterocycles. The Labute approximate surface area is 210 Å². The van der Waals surface area contributed by atoms with Gasteiger partial charge in [0.15, 0.2) is 0 Å². The Bertz CT molecular complexity index is 1070. The molecule has 0 aliphatic carbocycles. The van der Waals surface area contributed by atoms with Gasteiger partial charge in [0.25, 0.3) is 0 Å². The van der Waals surface area contributed by atoms with Gasteiger partial charge in [-0.2, -0.15) is 0 Å². The van der Waals surface area contributed by atoms with E-state index in [1.807, 2.05) is 54.6 Å². The molecule has 0 heterocycles. The summed E-state index contributed by atoms with van der Waals surface area (Å²) in [6.45, 7) is 0. The summed E-state index contributed by atoms with van der Waals surface area (Å²) in [6.07, 6.45) is 0. The molecule has 5 rings (SSSR count). The molecule has 0 fully saturated rings. The van der Waals surface area contributed by atoms with Crippen LogP contribution in [0.5, 0.6) is 0 Å². The molecule has 33 heavy (non-hydrogen) atoms. The van der Waals surface area contributed by atoms with Gasteiger partial charge in [0.2, 0.25) is 0 Å². The van der Waals surface area contributed by atoms with Gasteiger partial charge < -0.3 is 30.3 Å². The normalized spacial score (nSPS) is 10.3. The average molecular weight is 571 g/mol. The molecule has 2 nitrogen and oxygen atoms in total. The van der Waals surface area contributed by atoms with E-state index in [-0.39, 0.29) is 22.6 Å². The van der Waals surface area contributed by atoms with Crippen molar-refractivity contribution in [2.75, 3.05) is 0 Å². The Balaban J connectivity index is 0.000000453. The van der Waals surface area contributed by atoms with Crippen LogP contribution in [0.4, 0.5) is 0 Å². The van der Waals surface area contributed by atoms with Crippen molar-refractivity contribution < 1.29 is 24.9 Å². The van der Waals surface area contributed by atoms with Gasteiger partial charge in [-0.05, 0) is 0 Å². The third-order valence-corrected chi connectivity index (χ3v) is 16.0. The molecular weight excluding hydrogens is 555 g/mol. The van der Waals surface area contributed by atoms with Gasteiger partial charge in [-0.1, -0.05) is 0 Å². The first kappa shape index (κ1) is 24.8. The predicted octanol–water partition coefficient (Wildman–Crippen LogP) is 3.03. The summed E-state index contributed by atoms with van der Waals surface area (Å²) in [7, 11) is 0. The van der Waals surface area contributed by atoms with Crippen LogP contribution in [0, 0.1) is 48.5 Å². The van der Waals surface area contributed by atoms with Gasteiger partial charge in [0.05, 0.1) is 0 Å². The van der Waals surface area contributed by atoms with Gasteiger partial charge in [-0.25, -0.2) is 0 Å². The van der Waals surface area contributed by atoms with E-state index < -0.39 is 24.8 Å². The van der Waals surface area contributed by atoms with Crippen molar-refractivity contribution in [2.24, 2.45) is 0 Å². The van der Waals surface area contributed by atoms with Gasteiger partial charge in [-0.15, -0.1) is 0 Å². The number of carbonyl (C=O) groups excluding carboxylic acids is 1. The minimum Gasteiger partial charge on any atom is -0.999 e. The van der Waals surface area contributed by atoms with E-state index in [4.69, 9.17) is 3.07 Å². The molecule has 0 aliphatic heterocycles. The van der Waals surface area contributed by atoms with E-state index in [0.29, 0.717) is 0 Å². The van der Waals surface area contributed by atoms with Gasteiger partial charge in [0.1, 0.15) is 0 Å². The zero-order valence-electron chi connectivity index (χ0n) is 17.4. The topological polar surface area (TPSA) is 26.3 Å². The van der Waals surface area contributed by atoms with E-state index in [1.54, 1.807) is 6.07 Å². The van der Waals surface area contributed by atoms with E-state index >= 15 is 0 Å². The summed E-state index contributed by atoms with van der Waals surface area (Å²) < 4.78 is 9.61. The van der Waals surface area contributed by atoms with E-state index in [2.05, 4.69) is 84.9 Å². The molecule has 0 N–H and O–H groups in total. The molecule has 0 bridgehead atoms. The zero-order valence-corrected chi connectivity index (χ0v) is 21.4. The van der Waals surface area contributed by atoms with Crippen molar-refractivity contribution in [2.45, 2.75) is 0 Å². The minimum absolute atomic E-state index is 0. The molecule has 0 unspecified atom stereocenters. The van der Waals surface area contributed by atoms with Gasteiger partial charge in [0, 0.05) is 17.1 Å². The van der Waals surface area contributed by atoms with Crippen LogP contribution in [0.1, 0.15) is 10.4 Å². The summed E-state index contributed by atoms with van der Waals surface area (Å²) in [5.41, 5.74) is 0.235. The second kappa shape index (κ2) is 12.4. The zero-order chi connectivity index (χ0) is 22.1. The third-order valence-electron chi connectivity index (χ3n) is 4.78. The summed E-state index contributed by atoms with van der Waals surface area (Å²) in [4.78, 5) is 13.0. The fourth-order valence-electron chi connectivity index (χ4n) is 3.39. The Kier molecular flexibility index (Phi) is 9.32. The number of hydrogen-bond acceptors (Lipinski definition) is 2. The fraction of sp³-hybridized carbons (Fsp3) is 0. The van der Waals surface area contributed by atoms with E-state index in [9.17, 15) is 4.79 Å². The standard InChI is InChI=1S/C6HO2.3C6H5.C5H.Fe.Sn/c7-6(8)5-3-1-2-4-5;3*1-2-4-6-5-3-1;1-2-4-5-3-1;;/h(H,7,8);3*1-5H;1H;;/q-5;;;;-5;;+1/p-1. The maximum absolute atomic E-state index is 13.0.